The number of methoxy groups -OCH3 is 1. The van der Waals surface area contributed by atoms with Crippen molar-refractivity contribution in [2.45, 2.75) is 19.8 Å². The highest BCUT2D eigenvalue weighted by Crippen LogP contribution is 2.21. The molecule has 0 aromatic heterocycles. The fourth-order valence-electron chi connectivity index (χ4n) is 2.07. The molecule has 0 saturated heterocycles. The zero-order valence-corrected chi connectivity index (χ0v) is 14.3. The highest BCUT2D eigenvalue weighted by atomic mass is 35.5. The first-order valence-electron chi connectivity index (χ1n) is 7.44. The lowest BCUT2D eigenvalue weighted by Gasteiger charge is -2.06. The quantitative estimate of drug-likeness (QED) is 0.617. The molecule has 0 aliphatic carbocycles. The number of hydrazone groups is 1. The van der Waals surface area contributed by atoms with E-state index < -0.39 is 5.91 Å². The Morgan fingerprint density at radius 1 is 1.25 bits per heavy atom. The topological polar surface area (TPSA) is 70.9 Å². The standard InChI is InChI=1S/C18H19ClN2O3/c1-12(3-4-13-5-8-15(24-2)9-6-13)20-21-18(23)16-11-14(19)7-10-17(16)22/h5-11,22H,3-4H2,1-2H3,(H,21,23)/b20-12-. The summed E-state index contributed by atoms with van der Waals surface area (Å²) < 4.78 is 5.12. The first-order chi connectivity index (χ1) is 11.5. The molecule has 0 unspecified atom stereocenters. The summed E-state index contributed by atoms with van der Waals surface area (Å²) in [5, 5.41) is 14.1. The molecule has 1 amide bonds. The third kappa shape index (κ3) is 4.99. The molecule has 0 saturated carbocycles. The fourth-order valence-corrected chi connectivity index (χ4v) is 2.24. The lowest BCUT2D eigenvalue weighted by atomic mass is 10.1. The van der Waals surface area contributed by atoms with Crippen LogP contribution in [0.25, 0.3) is 0 Å². The number of nitrogens with one attached hydrogen (secondary N) is 1. The molecule has 6 heteroatoms. The summed E-state index contributed by atoms with van der Waals surface area (Å²) in [7, 11) is 1.63. The molecule has 2 aromatic carbocycles. The van der Waals surface area contributed by atoms with Gasteiger partial charge in [0.1, 0.15) is 11.5 Å². The van der Waals surface area contributed by atoms with Crippen molar-refractivity contribution in [3.63, 3.8) is 0 Å². The zero-order chi connectivity index (χ0) is 17.5. The number of phenols is 1. The maximum absolute atomic E-state index is 12.0. The van der Waals surface area contributed by atoms with E-state index in [9.17, 15) is 9.90 Å². The SMILES string of the molecule is COc1ccc(CC/C(C)=N\NC(=O)c2cc(Cl)ccc2O)cc1. The highest BCUT2D eigenvalue weighted by Gasteiger charge is 2.11. The maximum Gasteiger partial charge on any atom is 0.275 e. The van der Waals surface area contributed by atoms with Gasteiger partial charge in [-0.25, -0.2) is 5.43 Å². The smallest absolute Gasteiger partial charge is 0.275 e. The van der Waals surface area contributed by atoms with Gasteiger partial charge in [-0.2, -0.15) is 5.10 Å². The van der Waals surface area contributed by atoms with E-state index in [0.29, 0.717) is 11.4 Å². The lowest BCUT2D eigenvalue weighted by molar-refractivity contribution is 0.0952. The number of rotatable bonds is 6. The van der Waals surface area contributed by atoms with Crippen LogP contribution in [-0.2, 0) is 6.42 Å². The van der Waals surface area contributed by atoms with Crippen molar-refractivity contribution in [2.75, 3.05) is 7.11 Å². The molecular weight excluding hydrogens is 328 g/mol. The van der Waals surface area contributed by atoms with Gasteiger partial charge in [-0.05, 0) is 55.7 Å². The predicted octanol–water partition coefficient (Wildman–Crippen LogP) is 3.79. The number of aryl methyl sites for hydroxylation is 1. The number of carbonyl (C=O) groups excluding carboxylic acids is 1. The van der Waals surface area contributed by atoms with Crippen LogP contribution >= 0.6 is 11.6 Å². The van der Waals surface area contributed by atoms with Crippen LogP contribution in [0.4, 0.5) is 0 Å². The lowest BCUT2D eigenvalue weighted by Crippen LogP contribution is -2.19. The van der Waals surface area contributed by atoms with Crippen molar-refractivity contribution in [3.05, 3.63) is 58.6 Å². The fraction of sp³-hybridized carbons (Fsp3) is 0.222. The Morgan fingerprint density at radius 3 is 2.62 bits per heavy atom. The van der Waals surface area contributed by atoms with Gasteiger partial charge in [-0.15, -0.1) is 0 Å². The number of nitrogens with zero attached hydrogens (tertiary/aromatic N) is 1. The van der Waals surface area contributed by atoms with E-state index >= 15 is 0 Å². The normalized spacial score (nSPS) is 11.2. The van der Waals surface area contributed by atoms with Gasteiger partial charge in [0.15, 0.2) is 0 Å². The Kier molecular flexibility index (Phi) is 6.21. The average Bonchev–Trinajstić information content (AvgIpc) is 2.60. The van der Waals surface area contributed by atoms with E-state index in [2.05, 4.69) is 10.5 Å². The van der Waals surface area contributed by atoms with Crippen LogP contribution in [0.15, 0.2) is 47.6 Å². The number of carbonyl (C=O) groups is 1. The first kappa shape index (κ1) is 17.8. The highest BCUT2D eigenvalue weighted by molar-refractivity contribution is 6.31. The summed E-state index contributed by atoms with van der Waals surface area (Å²) in [6.45, 7) is 1.83. The zero-order valence-electron chi connectivity index (χ0n) is 13.5. The Morgan fingerprint density at radius 2 is 1.96 bits per heavy atom. The summed E-state index contributed by atoms with van der Waals surface area (Å²) >= 11 is 5.83. The second-order valence-electron chi connectivity index (χ2n) is 5.30. The number of aromatic hydroxyl groups is 1. The van der Waals surface area contributed by atoms with Crippen LogP contribution in [0, 0.1) is 0 Å². The third-order valence-corrected chi connectivity index (χ3v) is 3.72. The molecule has 0 heterocycles. The average molecular weight is 347 g/mol. The second-order valence-corrected chi connectivity index (χ2v) is 5.73. The van der Waals surface area contributed by atoms with Gasteiger partial charge in [-0.3, -0.25) is 4.79 Å². The van der Waals surface area contributed by atoms with Crippen molar-refractivity contribution in [2.24, 2.45) is 5.10 Å². The minimum absolute atomic E-state index is 0.0919. The van der Waals surface area contributed by atoms with E-state index in [-0.39, 0.29) is 11.3 Å². The monoisotopic (exact) mass is 346 g/mol. The Labute approximate surface area is 145 Å². The molecule has 2 aromatic rings. The van der Waals surface area contributed by atoms with Crippen molar-refractivity contribution in [1.82, 2.24) is 5.43 Å². The minimum atomic E-state index is -0.501. The van der Waals surface area contributed by atoms with E-state index in [1.807, 2.05) is 31.2 Å². The summed E-state index contributed by atoms with van der Waals surface area (Å²) in [6.07, 6.45) is 1.51. The van der Waals surface area contributed by atoms with Crippen LogP contribution in [0.3, 0.4) is 0 Å². The van der Waals surface area contributed by atoms with E-state index in [1.54, 1.807) is 7.11 Å². The summed E-state index contributed by atoms with van der Waals surface area (Å²) in [5.41, 5.74) is 4.46. The van der Waals surface area contributed by atoms with Gasteiger partial charge in [0.05, 0.1) is 12.7 Å². The van der Waals surface area contributed by atoms with Crippen molar-refractivity contribution in [1.29, 1.82) is 0 Å². The number of hydrogen-bond donors (Lipinski definition) is 2. The number of amides is 1. The molecule has 0 fully saturated rings. The molecule has 0 radical (unpaired) electrons. The van der Waals surface area contributed by atoms with Crippen molar-refractivity contribution >= 4 is 23.2 Å². The summed E-state index contributed by atoms with van der Waals surface area (Å²) in [5.74, 6) is 0.180. The van der Waals surface area contributed by atoms with Crippen LogP contribution in [0.5, 0.6) is 11.5 Å². The van der Waals surface area contributed by atoms with E-state index in [4.69, 9.17) is 16.3 Å². The van der Waals surface area contributed by atoms with Gasteiger partial charge in [-0.1, -0.05) is 23.7 Å². The largest absolute Gasteiger partial charge is 0.507 e. The molecule has 0 bridgehead atoms. The Bertz CT molecular complexity index is 742. The Balaban J connectivity index is 1.90. The number of ether oxygens (including phenoxy) is 1. The predicted molar refractivity (Wildman–Crippen MR) is 95.0 cm³/mol. The van der Waals surface area contributed by atoms with Crippen molar-refractivity contribution < 1.29 is 14.6 Å². The number of halogens is 1. The maximum atomic E-state index is 12.0. The molecule has 2 rings (SSSR count). The number of benzene rings is 2. The number of hydrogen-bond acceptors (Lipinski definition) is 4. The molecule has 5 nitrogen and oxygen atoms in total. The van der Waals surface area contributed by atoms with Gasteiger partial charge in [0, 0.05) is 10.7 Å². The van der Waals surface area contributed by atoms with Gasteiger partial charge < -0.3 is 9.84 Å². The molecule has 0 spiro atoms. The van der Waals surface area contributed by atoms with Crippen LogP contribution in [-0.4, -0.2) is 23.8 Å². The minimum Gasteiger partial charge on any atom is -0.507 e. The van der Waals surface area contributed by atoms with Gasteiger partial charge in [0.2, 0.25) is 0 Å². The molecule has 24 heavy (non-hydrogen) atoms. The molecule has 0 aliphatic rings. The summed E-state index contributed by atoms with van der Waals surface area (Å²) in [4.78, 5) is 12.0. The van der Waals surface area contributed by atoms with E-state index in [0.717, 1.165) is 23.4 Å². The van der Waals surface area contributed by atoms with Gasteiger partial charge in [0.25, 0.3) is 5.91 Å². The molecule has 2 N–H and O–H groups in total. The third-order valence-electron chi connectivity index (χ3n) is 3.49. The van der Waals surface area contributed by atoms with Crippen LogP contribution in [0.2, 0.25) is 5.02 Å². The molecular formula is C18H19ClN2O3. The van der Waals surface area contributed by atoms with Crippen LogP contribution in [0.1, 0.15) is 29.3 Å². The summed E-state index contributed by atoms with van der Waals surface area (Å²) in [6, 6.07) is 12.1. The van der Waals surface area contributed by atoms with Crippen LogP contribution < -0.4 is 10.2 Å². The molecule has 0 atom stereocenters. The Hall–Kier alpha value is -2.53. The van der Waals surface area contributed by atoms with Crippen molar-refractivity contribution in [3.8, 4) is 11.5 Å². The second kappa shape index (κ2) is 8.36. The van der Waals surface area contributed by atoms with Gasteiger partial charge >= 0.3 is 0 Å². The first-order valence-corrected chi connectivity index (χ1v) is 7.82. The van der Waals surface area contributed by atoms with E-state index in [1.165, 1.54) is 18.2 Å². The molecule has 0 aliphatic heterocycles. The molecule has 126 valence electrons. The number of phenolic OH excluding ortho intramolecular Hbond substituents is 1.